The molecule has 2 aromatic rings. The third kappa shape index (κ3) is 3.73. The van der Waals surface area contributed by atoms with Gasteiger partial charge in [-0.15, -0.1) is 22.6 Å². The number of rotatable bonds is 4. The molecule has 11 heteroatoms. The molecule has 4 rings (SSSR count). The van der Waals surface area contributed by atoms with E-state index >= 15 is 0 Å². The standard InChI is InChI=1S/C17H22FN5O3S.ClH/c1-26-15-3-2-13(10-14(15)18)27(24,25)22-7-4-12(5-8-22)17-21-20-16-11-19-6-9-23(16)17;/h2-3,10,12,19H,4-9,11H2,1H3;1H. The molecule has 1 saturated heterocycles. The third-order valence-electron chi connectivity index (χ3n) is 5.23. The second-order valence-electron chi connectivity index (χ2n) is 6.78. The SMILES string of the molecule is COc1ccc(S(=O)(=O)N2CCC(c3nnc4n3CCNC4)CC2)cc1F.Cl. The van der Waals surface area contributed by atoms with Gasteiger partial charge in [0.15, 0.2) is 11.6 Å². The van der Waals surface area contributed by atoms with E-state index in [1.54, 1.807) is 0 Å². The number of hydrogen-bond acceptors (Lipinski definition) is 6. The Balaban J connectivity index is 0.00000225. The lowest BCUT2D eigenvalue weighted by atomic mass is 9.97. The van der Waals surface area contributed by atoms with Gasteiger partial charge < -0.3 is 14.6 Å². The summed E-state index contributed by atoms with van der Waals surface area (Å²) < 4.78 is 48.0. The summed E-state index contributed by atoms with van der Waals surface area (Å²) in [5, 5.41) is 11.8. The first-order valence-electron chi connectivity index (χ1n) is 8.97. The summed E-state index contributed by atoms with van der Waals surface area (Å²) in [6.07, 6.45) is 1.34. The maximum atomic E-state index is 13.9. The van der Waals surface area contributed by atoms with Gasteiger partial charge in [-0.05, 0) is 31.0 Å². The van der Waals surface area contributed by atoms with Crippen LogP contribution < -0.4 is 10.1 Å². The van der Waals surface area contributed by atoms with Crippen LogP contribution in [-0.4, -0.2) is 54.2 Å². The van der Waals surface area contributed by atoms with Crippen LogP contribution in [0.5, 0.6) is 5.75 Å². The van der Waals surface area contributed by atoms with Crippen molar-refractivity contribution in [3.63, 3.8) is 0 Å². The van der Waals surface area contributed by atoms with E-state index in [4.69, 9.17) is 4.74 Å². The van der Waals surface area contributed by atoms with E-state index in [-0.39, 0.29) is 29.0 Å². The molecule has 1 N–H and O–H groups in total. The quantitative estimate of drug-likeness (QED) is 0.789. The van der Waals surface area contributed by atoms with Crippen molar-refractivity contribution in [3.8, 4) is 5.75 Å². The Kier molecular flexibility index (Phi) is 6.23. The number of piperidine rings is 1. The maximum Gasteiger partial charge on any atom is 0.243 e. The van der Waals surface area contributed by atoms with Crippen molar-refractivity contribution in [3.05, 3.63) is 35.7 Å². The lowest BCUT2D eigenvalue weighted by Crippen LogP contribution is -2.38. The zero-order valence-electron chi connectivity index (χ0n) is 15.5. The molecule has 1 aromatic heterocycles. The summed E-state index contributed by atoms with van der Waals surface area (Å²) in [5.74, 6) is 1.40. The number of aromatic nitrogens is 3. The zero-order valence-corrected chi connectivity index (χ0v) is 17.1. The number of halogens is 2. The Bertz CT molecular complexity index is 944. The number of hydrogen-bond donors (Lipinski definition) is 1. The Labute approximate surface area is 169 Å². The highest BCUT2D eigenvalue weighted by Gasteiger charge is 2.33. The van der Waals surface area contributed by atoms with Crippen molar-refractivity contribution in [2.45, 2.75) is 36.7 Å². The molecule has 8 nitrogen and oxygen atoms in total. The first kappa shape index (κ1) is 21.0. The predicted molar refractivity (Wildman–Crippen MR) is 103 cm³/mol. The predicted octanol–water partition coefficient (Wildman–Crippen LogP) is 1.52. The fourth-order valence-corrected chi connectivity index (χ4v) is 5.21. The fourth-order valence-electron chi connectivity index (χ4n) is 3.73. The molecular formula is C17H23ClFN5O3S. The summed E-state index contributed by atoms with van der Waals surface area (Å²) in [4.78, 5) is -0.0508. The number of sulfonamides is 1. The molecule has 3 heterocycles. The molecule has 0 saturated carbocycles. The number of nitrogens with one attached hydrogen (secondary N) is 1. The number of benzene rings is 1. The Hall–Kier alpha value is -1.75. The van der Waals surface area contributed by atoms with Crippen molar-refractivity contribution in [2.75, 3.05) is 26.7 Å². The van der Waals surface area contributed by atoms with Gasteiger partial charge in [0.25, 0.3) is 0 Å². The lowest BCUT2D eigenvalue weighted by Gasteiger charge is -2.31. The fraction of sp³-hybridized carbons (Fsp3) is 0.529. The zero-order chi connectivity index (χ0) is 19.0. The maximum absolute atomic E-state index is 13.9. The van der Waals surface area contributed by atoms with Gasteiger partial charge in [-0.2, -0.15) is 4.31 Å². The summed E-state index contributed by atoms with van der Waals surface area (Å²) in [5.41, 5.74) is 0. The van der Waals surface area contributed by atoms with Gasteiger partial charge in [0.2, 0.25) is 10.0 Å². The smallest absolute Gasteiger partial charge is 0.243 e. The van der Waals surface area contributed by atoms with Gasteiger partial charge in [0.1, 0.15) is 11.6 Å². The number of methoxy groups -OCH3 is 1. The van der Waals surface area contributed by atoms with Crippen LogP contribution in [0.15, 0.2) is 23.1 Å². The molecule has 154 valence electrons. The highest BCUT2D eigenvalue weighted by Crippen LogP contribution is 2.31. The van der Waals surface area contributed by atoms with Crippen molar-refractivity contribution < 1.29 is 17.5 Å². The van der Waals surface area contributed by atoms with Crippen molar-refractivity contribution in [1.29, 1.82) is 0 Å². The molecule has 0 radical (unpaired) electrons. The second kappa shape index (κ2) is 8.32. The average molecular weight is 432 g/mol. The summed E-state index contributed by atoms with van der Waals surface area (Å²) in [6, 6.07) is 3.73. The highest BCUT2D eigenvalue weighted by molar-refractivity contribution is 7.89. The van der Waals surface area contributed by atoms with E-state index in [9.17, 15) is 12.8 Å². The third-order valence-corrected chi connectivity index (χ3v) is 7.13. The van der Waals surface area contributed by atoms with Gasteiger partial charge in [-0.25, -0.2) is 12.8 Å². The van der Waals surface area contributed by atoms with Gasteiger partial charge in [-0.1, -0.05) is 0 Å². The molecular weight excluding hydrogens is 409 g/mol. The molecule has 2 aliphatic heterocycles. The van der Waals surface area contributed by atoms with Crippen molar-refractivity contribution >= 4 is 22.4 Å². The van der Waals surface area contributed by atoms with E-state index in [0.29, 0.717) is 32.5 Å². The minimum absolute atomic E-state index is 0. The Morgan fingerprint density at radius 1 is 1.21 bits per heavy atom. The minimum atomic E-state index is -3.73. The van der Waals surface area contributed by atoms with Gasteiger partial charge in [0.05, 0.1) is 18.6 Å². The topological polar surface area (TPSA) is 89.4 Å². The molecule has 0 amide bonds. The molecule has 1 fully saturated rings. The van der Waals surface area contributed by atoms with Crippen molar-refractivity contribution in [2.24, 2.45) is 0 Å². The van der Waals surface area contributed by atoms with Crippen LogP contribution in [0, 0.1) is 5.82 Å². The van der Waals surface area contributed by atoms with Gasteiger partial charge in [-0.3, -0.25) is 0 Å². The molecule has 1 aromatic carbocycles. The highest BCUT2D eigenvalue weighted by atomic mass is 35.5. The van der Waals surface area contributed by atoms with Gasteiger partial charge in [0, 0.05) is 32.1 Å². The average Bonchev–Trinajstić information content (AvgIpc) is 3.12. The molecule has 0 spiro atoms. The first-order chi connectivity index (χ1) is 13.0. The number of ether oxygens (including phenoxy) is 1. The van der Waals surface area contributed by atoms with Crippen LogP contribution in [0.4, 0.5) is 4.39 Å². The van der Waals surface area contributed by atoms with Crippen LogP contribution in [0.2, 0.25) is 0 Å². The van der Waals surface area contributed by atoms with E-state index in [1.807, 2.05) is 0 Å². The van der Waals surface area contributed by atoms with Crippen LogP contribution >= 0.6 is 12.4 Å². The van der Waals surface area contributed by atoms with Crippen LogP contribution in [0.3, 0.4) is 0 Å². The molecule has 2 aliphatic rings. The van der Waals surface area contributed by atoms with Crippen LogP contribution in [-0.2, 0) is 23.1 Å². The van der Waals surface area contributed by atoms with Crippen molar-refractivity contribution in [1.82, 2.24) is 24.4 Å². The van der Waals surface area contributed by atoms with E-state index in [2.05, 4.69) is 20.1 Å². The normalized spacial score (nSPS) is 18.4. The molecule has 28 heavy (non-hydrogen) atoms. The summed E-state index contributed by atoms with van der Waals surface area (Å²) in [6.45, 7) is 3.18. The van der Waals surface area contributed by atoms with Crippen LogP contribution in [0.25, 0.3) is 0 Å². The first-order valence-corrected chi connectivity index (χ1v) is 10.4. The molecule has 0 aliphatic carbocycles. The van der Waals surface area contributed by atoms with E-state index < -0.39 is 15.8 Å². The second-order valence-corrected chi connectivity index (χ2v) is 8.72. The lowest BCUT2D eigenvalue weighted by molar-refractivity contribution is 0.307. The van der Waals surface area contributed by atoms with Crippen LogP contribution in [0.1, 0.15) is 30.4 Å². The molecule has 0 unspecified atom stereocenters. The number of fused-ring (bicyclic) bond motifs is 1. The molecule has 0 atom stereocenters. The van der Waals surface area contributed by atoms with E-state index in [0.717, 1.165) is 30.8 Å². The van der Waals surface area contributed by atoms with Gasteiger partial charge >= 0.3 is 0 Å². The summed E-state index contributed by atoms with van der Waals surface area (Å²) in [7, 11) is -2.39. The Morgan fingerprint density at radius 3 is 2.64 bits per heavy atom. The minimum Gasteiger partial charge on any atom is -0.494 e. The largest absolute Gasteiger partial charge is 0.494 e. The summed E-state index contributed by atoms with van der Waals surface area (Å²) >= 11 is 0. The molecule has 0 bridgehead atoms. The van der Waals surface area contributed by atoms with E-state index in [1.165, 1.54) is 23.5 Å². The number of nitrogens with zero attached hydrogens (tertiary/aromatic N) is 4. The monoisotopic (exact) mass is 431 g/mol. The Morgan fingerprint density at radius 2 is 1.96 bits per heavy atom.